The maximum atomic E-state index is 12.1. The third-order valence-electron chi connectivity index (χ3n) is 3.14. The van der Waals surface area contributed by atoms with E-state index >= 15 is 0 Å². The molecule has 2 aromatic heterocycles. The van der Waals surface area contributed by atoms with Crippen LogP contribution in [0.2, 0.25) is 0 Å². The van der Waals surface area contributed by atoms with Gasteiger partial charge in [0.2, 0.25) is 5.91 Å². The number of aryl methyl sites for hydroxylation is 4. The van der Waals surface area contributed by atoms with Crippen LogP contribution in [0.1, 0.15) is 33.7 Å². The molecule has 0 saturated heterocycles. The van der Waals surface area contributed by atoms with Crippen LogP contribution in [-0.4, -0.2) is 32.5 Å². The summed E-state index contributed by atoms with van der Waals surface area (Å²) in [7, 11) is 0. The Kier molecular flexibility index (Phi) is 4.92. The summed E-state index contributed by atoms with van der Waals surface area (Å²) < 4.78 is 5.78. The molecule has 0 aliphatic heterocycles. The fraction of sp³-hybridized carbons (Fsp3) is 0.429. The third kappa shape index (κ3) is 3.51. The average Bonchev–Trinajstić information content (AvgIpc) is 3.01. The second kappa shape index (κ2) is 6.69. The summed E-state index contributed by atoms with van der Waals surface area (Å²) in [5.74, 6) is -0.589. The molecule has 2 N–H and O–H groups in total. The van der Waals surface area contributed by atoms with Crippen molar-refractivity contribution in [3.63, 3.8) is 0 Å². The maximum Gasteiger partial charge on any atom is 0.269 e. The van der Waals surface area contributed by atoms with Crippen LogP contribution in [-0.2, 0) is 11.3 Å². The minimum atomic E-state index is -0.311. The Bertz CT molecular complexity index is 685. The average molecular weight is 321 g/mol. The highest BCUT2D eigenvalue weighted by molar-refractivity contribution is 7.06. The number of hydrogen-bond acceptors (Lipinski definition) is 5. The molecule has 7 nitrogen and oxygen atoms in total. The molecule has 8 heteroatoms. The number of anilines is 1. The number of carbonyl (C=O) groups is 2. The Balaban J connectivity index is 1.95. The van der Waals surface area contributed by atoms with Crippen molar-refractivity contribution in [2.24, 2.45) is 0 Å². The number of aromatic nitrogens is 3. The predicted molar refractivity (Wildman–Crippen MR) is 85.2 cm³/mol. The van der Waals surface area contributed by atoms with Crippen LogP contribution in [0.25, 0.3) is 0 Å². The molecule has 0 radical (unpaired) electrons. The second-order valence-corrected chi connectivity index (χ2v) is 5.89. The van der Waals surface area contributed by atoms with Gasteiger partial charge in [-0.25, -0.2) is 0 Å². The van der Waals surface area contributed by atoms with E-state index < -0.39 is 0 Å². The first-order valence-electron chi connectivity index (χ1n) is 6.97. The van der Waals surface area contributed by atoms with Crippen LogP contribution >= 0.6 is 11.5 Å². The largest absolute Gasteiger partial charge is 0.342 e. The van der Waals surface area contributed by atoms with E-state index in [0.29, 0.717) is 12.2 Å². The molecule has 0 bridgehead atoms. The van der Waals surface area contributed by atoms with Gasteiger partial charge in [-0.15, -0.1) is 0 Å². The first-order chi connectivity index (χ1) is 10.4. The Morgan fingerprint density at radius 3 is 2.64 bits per heavy atom. The number of rotatable bonds is 5. The monoisotopic (exact) mass is 321 g/mol. The third-order valence-corrected chi connectivity index (χ3v) is 3.98. The number of carbonyl (C=O) groups excluding carboxylic acids is 2. The summed E-state index contributed by atoms with van der Waals surface area (Å²) in [4.78, 5) is 25.0. The van der Waals surface area contributed by atoms with Gasteiger partial charge >= 0.3 is 0 Å². The van der Waals surface area contributed by atoms with Crippen LogP contribution in [0.5, 0.6) is 0 Å². The number of hydrogen-bond donors (Lipinski definition) is 2. The Morgan fingerprint density at radius 1 is 1.32 bits per heavy atom. The molecule has 0 aliphatic rings. The van der Waals surface area contributed by atoms with Gasteiger partial charge in [-0.2, -0.15) is 9.47 Å². The van der Waals surface area contributed by atoms with Crippen molar-refractivity contribution in [2.45, 2.75) is 34.2 Å². The van der Waals surface area contributed by atoms with E-state index in [2.05, 4.69) is 20.1 Å². The molecular formula is C14H19N5O2S. The van der Waals surface area contributed by atoms with E-state index in [1.165, 1.54) is 11.5 Å². The van der Waals surface area contributed by atoms with E-state index in [4.69, 9.17) is 0 Å². The standard InChI is InChI=1S/C14H19N5O2S/c1-5-19-11(6-8(2)17-19)14(21)15-7-12(20)16-13-9(3)18-22-10(13)4/h6H,5,7H2,1-4H3,(H,15,21)(H,16,20). The normalized spacial score (nSPS) is 10.5. The molecule has 0 saturated carbocycles. The van der Waals surface area contributed by atoms with E-state index in [1.54, 1.807) is 10.7 Å². The molecular weight excluding hydrogens is 302 g/mol. The summed E-state index contributed by atoms with van der Waals surface area (Å²) >= 11 is 1.34. The van der Waals surface area contributed by atoms with Gasteiger partial charge in [-0.05, 0) is 45.3 Å². The first-order valence-corrected chi connectivity index (χ1v) is 7.75. The van der Waals surface area contributed by atoms with Crippen molar-refractivity contribution in [1.29, 1.82) is 0 Å². The van der Waals surface area contributed by atoms with Crippen molar-refractivity contribution in [3.05, 3.63) is 28.0 Å². The minimum absolute atomic E-state index is 0.0957. The molecule has 0 fully saturated rings. The molecule has 2 rings (SSSR count). The van der Waals surface area contributed by atoms with Crippen LogP contribution in [0, 0.1) is 20.8 Å². The van der Waals surface area contributed by atoms with Gasteiger partial charge in [0.05, 0.1) is 23.6 Å². The zero-order valence-electron chi connectivity index (χ0n) is 13.1. The zero-order chi connectivity index (χ0) is 16.3. The van der Waals surface area contributed by atoms with Gasteiger partial charge in [0.15, 0.2) is 0 Å². The van der Waals surface area contributed by atoms with Crippen LogP contribution in [0.15, 0.2) is 6.07 Å². The molecule has 22 heavy (non-hydrogen) atoms. The smallest absolute Gasteiger partial charge is 0.269 e. The Labute approximate surface area is 132 Å². The van der Waals surface area contributed by atoms with Gasteiger partial charge in [0, 0.05) is 11.4 Å². The molecule has 2 amide bonds. The SMILES string of the molecule is CCn1nc(C)cc1C(=O)NCC(=O)Nc1c(C)nsc1C. The van der Waals surface area contributed by atoms with Crippen LogP contribution in [0.4, 0.5) is 5.69 Å². The number of amides is 2. The summed E-state index contributed by atoms with van der Waals surface area (Å²) in [5.41, 5.74) is 2.73. The van der Waals surface area contributed by atoms with Crippen molar-refractivity contribution in [1.82, 2.24) is 19.5 Å². The highest BCUT2D eigenvalue weighted by Gasteiger charge is 2.15. The van der Waals surface area contributed by atoms with Crippen molar-refractivity contribution in [3.8, 4) is 0 Å². The van der Waals surface area contributed by atoms with Gasteiger partial charge in [0.1, 0.15) is 5.69 Å². The van der Waals surface area contributed by atoms with Crippen LogP contribution in [0.3, 0.4) is 0 Å². The highest BCUT2D eigenvalue weighted by Crippen LogP contribution is 2.22. The zero-order valence-corrected chi connectivity index (χ0v) is 13.9. The highest BCUT2D eigenvalue weighted by atomic mass is 32.1. The molecule has 0 aliphatic carbocycles. The number of nitrogens with zero attached hydrogens (tertiary/aromatic N) is 3. The van der Waals surface area contributed by atoms with Crippen molar-refractivity contribution in [2.75, 3.05) is 11.9 Å². The molecule has 0 atom stereocenters. The minimum Gasteiger partial charge on any atom is -0.342 e. The molecule has 2 aromatic rings. The number of nitrogens with one attached hydrogen (secondary N) is 2. The molecule has 0 spiro atoms. The van der Waals surface area contributed by atoms with Gasteiger partial charge in [0.25, 0.3) is 5.91 Å². The summed E-state index contributed by atoms with van der Waals surface area (Å²) in [6.07, 6.45) is 0. The summed E-state index contributed by atoms with van der Waals surface area (Å²) in [6, 6.07) is 1.70. The van der Waals surface area contributed by atoms with E-state index in [-0.39, 0.29) is 18.4 Å². The van der Waals surface area contributed by atoms with Gasteiger partial charge in [-0.3, -0.25) is 14.3 Å². The van der Waals surface area contributed by atoms with Crippen molar-refractivity contribution >= 4 is 29.0 Å². The summed E-state index contributed by atoms with van der Waals surface area (Å²) in [5, 5.41) is 9.59. The van der Waals surface area contributed by atoms with Crippen LogP contribution < -0.4 is 10.6 Å². The quantitative estimate of drug-likeness (QED) is 0.876. The Morgan fingerprint density at radius 2 is 2.05 bits per heavy atom. The topological polar surface area (TPSA) is 88.9 Å². The molecule has 0 aromatic carbocycles. The lowest BCUT2D eigenvalue weighted by molar-refractivity contribution is -0.115. The second-order valence-electron chi connectivity index (χ2n) is 4.92. The predicted octanol–water partition coefficient (Wildman–Crippen LogP) is 1.65. The first kappa shape index (κ1) is 16.2. The Hall–Kier alpha value is -2.22. The molecule has 118 valence electrons. The molecule has 2 heterocycles. The fourth-order valence-corrected chi connectivity index (χ4v) is 2.72. The molecule has 0 unspecified atom stereocenters. The van der Waals surface area contributed by atoms with E-state index in [0.717, 1.165) is 22.0 Å². The lowest BCUT2D eigenvalue weighted by Gasteiger charge is -2.08. The maximum absolute atomic E-state index is 12.1. The summed E-state index contributed by atoms with van der Waals surface area (Å²) in [6.45, 7) is 7.96. The van der Waals surface area contributed by atoms with Gasteiger partial charge in [-0.1, -0.05) is 0 Å². The van der Waals surface area contributed by atoms with Crippen molar-refractivity contribution < 1.29 is 9.59 Å². The van der Waals surface area contributed by atoms with E-state index in [9.17, 15) is 9.59 Å². The van der Waals surface area contributed by atoms with Gasteiger partial charge < -0.3 is 10.6 Å². The lowest BCUT2D eigenvalue weighted by Crippen LogP contribution is -2.34. The van der Waals surface area contributed by atoms with E-state index in [1.807, 2.05) is 27.7 Å². The lowest BCUT2D eigenvalue weighted by atomic mass is 10.3. The fourth-order valence-electron chi connectivity index (χ4n) is 2.07.